The van der Waals surface area contributed by atoms with E-state index in [0.29, 0.717) is 55.4 Å². The Morgan fingerprint density at radius 2 is 1.91 bits per heavy atom. The number of benzene rings is 1. The molecule has 1 aliphatic rings. The van der Waals surface area contributed by atoms with Crippen molar-refractivity contribution in [3.63, 3.8) is 0 Å². The molecule has 0 unspecified atom stereocenters. The Balaban J connectivity index is 1.76. The van der Waals surface area contributed by atoms with Gasteiger partial charge < -0.3 is 15.0 Å². The van der Waals surface area contributed by atoms with Gasteiger partial charge in [-0.15, -0.1) is 0 Å². The summed E-state index contributed by atoms with van der Waals surface area (Å²) in [5.41, 5.74) is 1.20. The fourth-order valence-electron chi connectivity index (χ4n) is 3.73. The zero-order chi connectivity index (χ0) is 23.3. The van der Waals surface area contributed by atoms with Crippen LogP contribution in [0.25, 0.3) is 0 Å². The number of anilines is 2. The maximum atomic E-state index is 12.7. The summed E-state index contributed by atoms with van der Waals surface area (Å²) in [7, 11) is 0. The minimum atomic E-state index is -0.402. The van der Waals surface area contributed by atoms with Crippen molar-refractivity contribution in [2.75, 3.05) is 29.9 Å². The summed E-state index contributed by atoms with van der Waals surface area (Å²) in [6.45, 7) is 6.16. The molecule has 170 valence electrons. The van der Waals surface area contributed by atoms with E-state index in [1.807, 2.05) is 4.90 Å². The van der Waals surface area contributed by atoms with E-state index in [4.69, 9.17) is 4.74 Å². The Bertz CT molecular complexity index is 1070. The number of hydrogen-bond donors (Lipinski definition) is 1. The zero-order valence-corrected chi connectivity index (χ0v) is 18.6. The molecule has 0 aliphatic carbocycles. The van der Waals surface area contributed by atoms with Gasteiger partial charge in [0.2, 0.25) is 11.9 Å². The lowest BCUT2D eigenvalue weighted by atomic mass is 9.97. The average Bonchev–Trinajstić information content (AvgIpc) is 2.76. The van der Waals surface area contributed by atoms with Crippen molar-refractivity contribution in [2.45, 2.75) is 40.2 Å². The van der Waals surface area contributed by atoms with Crippen LogP contribution in [0.15, 0.2) is 35.1 Å². The zero-order valence-electron chi connectivity index (χ0n) is 18.6. The quantitative estimate of drug-likeness (QED) is 0.519. The molecule has 1 aromatic carbocycles. The van der Waals surface area contributed by atoms with Gasteiger partial charge in [0.15, 0.2) is 5.78 Å². The molecule has 1 amide bonds. The van der Waals surface area contributed by atoms with Crippen LogP contribution in [0.1, 0.15) is 42.7 Å². The molecule has 1 fully saturated rings. The third kappa shape index (κ3) is 5.60. The van der Waals surface area contributed by atoms with Crippen molar-refractivity contribution in [3.05, 3.63) is 51.9 Å². The minimum absolute atomic E-state index is 0.103. The largest absolute Gasteiger partial charge is 0.466 e. The summed E-state index contributed by atoms with van der Waals surface area (Å²) in [4.78, 5) is 55.4. The second kappa shape index (κ2) is 10.2. The molecule has 1 aromatic heterocycles. The number of nitrogens with zero attached hydrogens (tertiary/aromatic N) is 3. The molecule has 0 spiro atoms. The Hall–Kier alpha value is -3.49. The topological polar surface area (TPSA) is 111 Å². The molecule has 0 atom stereocenters. The van der Waals surface area contributed by atoms with Gasteiger partial charge in [-0.05, 0) is 45.7 Å². The van der Waals surface area contributed by atoms with Crippen LogP contribution < -0.4 is 15.8 Å². The van der Waals surface area contributed by atoms with Gasteiger partial charge in [-0.25, -0.2) is 4.98 Å². The number of rotatable bonds is 7. The molecule has 0 radical (unpaired) electrons. The molecule has 2 heterocycles. The molecule has 3 rings (SSSR count). The first kappa shape index (κ1) is 23.2. The Morgan fingerprint density at radius 1 is 1.19 bits per heavy atom. The van der Waals surface area contributed by atoms with Crippen LogP contribution in [0, 0.1) is 12.8 Å². The number of carbonyl (C=O) groups is 3. The number of piperidine rings is 1. The predicted octanol–water partition coefficient (Wildman–Crippen LogP) is 2.17. The van der Waals surface area contributed by atoms with Crippen molar-refractivity contribution in [1.29, 1.82) is 0 Å². The maximum Gasteiger partial charge on any atom is 0.309 e. The SMILES string of the molecule is CCOC(=O)C1CCN(c2nc(C)cc(=O)n2CC(=O)Nc2cccc(C(C)=O)c2)CC1. The number of Topliss-reactive ketones (excluding diaryl/α,β-unsaturated/α-hetero) is 1. The van der Waals surface area contributed by atoms with Crippen LogP contribution in [-0.2, 0) is 20.9 Å². The van der Waals surface area contributed by atoms with E-state index < -0.39 is 5.91 Å². The number of nitrogens with one attached hydrogen (secondary N) is 1. The second-order valence-corrected chi connectivity index (χ2v) is 7.82. The summed E-state index contributed by atoms with van der Waals surface area (Å²) in [5, 5.41) is 2.74. The molecule has 2 aromatic rings. The van der Waals surface area contributed by atoms with E-state index in [9.17, 15) is 19.2 Å². The van der Waals surface area contributed by atoms with Crippen molar-refractivity contribution in [3.8, 4) is 0 Å². The molecule has 0 bridgehead atoms. The number of esters is 1. The monoisotopic (exact) mass is 440 g/mol. The van der Waals surface area contributed by atoms with Gasteiger partial charge in [-0.1, -0.05) is 12.1 Å². The van der Waals surface area contributed by atoms with Gasteiger partial charge >= 0.3 is 5.97 Å². The highest BCUT2D eigenvalue weighted by Crippen LogP contribution is 2.23. The van der Waals surface area contributed by atoms with Crippen LogP contribution >= 0.6 is 0 Å². The van der Waals surface area contributed by atoms with Crippen molar-refractivity contribution < 1.29 is 19.1 Å². The maximum absolute atomic E-state index is 12.7. The summed E-state index contributed by atoms with van der Waals surface area (Å²) in [6, 6.07) is 8.02. The number of hydrogen-bond acceptors (Lipinski definition) is 7. The van der Waals surface area contributed by atoms with Crippen LogP contribution in [0.3, 0.4) is 0 Å². The summed E-state index contributed by atoms with van der Waals surface area (Å²) < 4.78 is 6.45. The molecule has 1 aliphatic heterocycles. The van der Waals surface area contributed by atoms with Gasteiger partial charge in [0.1, 0.15) is 6.54 Å². The number of carbonyl (C=O) groups excluding carboxylic acids is 3. The first-order chi connectivity index (χ1) is 15.3. The Kier molecular flexibility index (Phi) is 7.40. The van der Waals surface area contributed by atoms with E-state index in [0.717, 1.165) is 0 Å². The summed E-state index contributed by atoms with van der Waals surface area (Å²) >= 11 is 0. The van der Waals surface area contributed by atoms with E-state index in [-0.39, 0.29) is 29.8 Å². The molecule has 1 saturated heterocycles. The van der Waals surface area contributed by atoms with Crippen LogP contribution in [0.2, 0.25) is 0 Å². The van der Waals surface area contributed by atoms with Gasteiger partial charge in [0.05, 0.1) is 12.5 Å². The van der Waals surface area contributed by atoms with E-state index >= 15 is 0 Å². The standard InChI is InChI=1S/C23H28N4O5/c1-4-32-22(31)17-8-10-26(11-9-17)23-24-15(2)12-21(30)27(23)14-20(29)25-19-7-5-6-18(13-19)16(3)28/h5-7,12-13,17H,4,8-11,14H2,1-3H3,(H,25,29). The number of amides is 1. The van der Waals surface area contributed by atoms with Crippen LogP contribution in [-0.4, -0.2) is 46.9 Å². The molecular weight excluding hydrogens is 412 g/mol. The molecule has 0 saturated carbocycles. The molecule has 1 N–H and O–H groups in total. The minimum Gasteiger partial charge on any atom is -0.466 e. The average molecular weight is 441 g/mol. The number of aryl methyl sites for hydroxylation is 1. The van der Waals surface area contributed by atoms with Crippen LogP contribution in [0.4, 0.5) is 11.6 Å². The number of ether oxygens (including phenoxy) is 1. The van der Waals surface area contributed by atoms with Crippen molar-refractivity contribution in [2.24, 2.45) is 5.92 Å². The fourth-order valence-corrected chi connectivity index (χ4v) is 3.73. The first-order valence-corrected chi connectivity index (χ1v) is 10.7. The molecule has 32 heavy (non-hydrogen) atoms. The van der Waals surface area contributed by atoms with E-state index in [1.54, 1.807) is 38.1 Å². The first-order valence-electron chi connectivity index (χ1n) is 10.7. The van der Waals surface area contributed by atoms with Gasteiger partial charge in [0, 0.05) is 36.1 Å². The van der Waals surface area contributed by atoms with Crippen molar-refractivity contribution >= 4 is 29.3 Å². The van der Waals surface area contributed by atoms with Crippen LogP contribution in [0.5, 0.6) is 0 Å². The highest BCUT2D eigenvalue weighted by atomic mass is 16.5. The third-order valence-electron chi connectivity index (χ3n) is 5.37. The highest BCUT2D eigenvalue weighted by Gasteiger charge is 2.28. The Labute approximate surface area is 186 Å². The second-order valence-electron chi connectivity index (χ2n) is 7.82. The van der Waals surface area contributed by atoms with Crippen molar-refractivity contribution in [1.82, 2.24) is 9.55 Å². The van der Waals surface area contributed by atoms with E-state index in [2.05, 4.69) is 10.3 Å². The lowest BCUT2D eigenvalue weighted by Gasteiger charge is -2.32. The highest BCUT2D eigenvalue weighted by molar-refractivity contribution is 5.97. The summed E-state index contributed by atoms with van der Waals surface area (Å²) in [5.74, 6) is -0.471. The Morgan fingerprint density at radius 3 is 2.56 bits per heavy atom. The number of aromatic nitrogens is 2. The molecule has 9 nitrogen and oxygen atoms in total. The molecule has 9 heteroatoms. The summed E-state index contributed by atoms with van der Waals surface area (Å²) in [6.07, 6.45) is 1.18. The predicted molar refractivity (Wildman–Crippen MR) is 120 cm³/mol. The fraction of sp³-hybridized carbons (Fsp3) is 0.435. The van der Waals surface area contributed by atoms with Gasteiger partial charge in [0.25, 0.3) is 5.56 Å². The van der Waals surface area contributed by atoms with E-state index in [1.165, 1.54) is 17.6 Å². The molecular formula is C23H28N4O5. The smallest absolute Gasteiger partial charge is 0.309 e. The third-order valence-corrected chi connectivity index (χ3v) is 5.37. The lowest BCUT2D eigenvalue weighted by Crippen LogP contribution is -2.41. The number of ketones is 1. The normalized spacial score (nSPS) is 14.2. The van der Waals surface area contributed by atoms with Gasteiger partial charge in [-0.3, -0.25) is 23.7 Å². The lowest BCUT2D eigenvalue weighted by molar-refractivity contribution is -0.148. The van der Waals surface area contributed by atoms with Gasteiger partial charge in [-0.2, -0.15) is 0 Å².